The van der Waals surface area contributed by atoms with E-state index in [4.69, 9.17) is 4.74 Å². The van der Waals surface area contributed by atoms with E-state index in [1.54, 1.807) is 11.8 Å². The Kier molecular flexibility index (Phi) is 6.20. The van der Waals surface area contributed by atoms with Gasteiger partial charge in [-0.05, 0) is 40.9 Å². The first kappa shape index (κ1) is 14.9. The molecule has 5 heteroatoms. The lowest BCUT2D eigenvalue weighted by Crippen LogP contribution is -2.31. The maximum atomic E-state index is 11.7. The standard InChI is InChI=1S/C14H18BrNO2S/c15-12-5-1-2-6-13(12)19-9-7-14(17)16-10-11-4-3-8-18-11/h1-2,5-6,11H,3-4,7-10H2,(H,16,17)/t11-/m1/s1. The highest BCUT2D eigenvalue weighted by molar-refractivity contribution is 9.10. The fraction of sp³-hybridized carbons (Fsp3) is 0.500. The summed E-state index contributed by atoms with van der Waals surface area (Å²) in [5.74, 6) is 0.898. The van der Waals surface area contributed by atoms with Gasteiger partial charge in [-0.3, -0.25) is 4.79 Å². The van der Waals surface area contributed by atoms with Crippen molar-refractivity contribution < 1.29 is 9.53 Å². The van der Waals surface area contributed by atoms with Crippen LogP contribution in [0.2, 0.25) is 0 Å². The van der Waals surface area contributed by atoms with Crippen LogP contribution in [0, 0.1) is 0 Å². The number of carbonyl (C=O) groups is 1. The Bertz CT molecular complexity index is 422. The summed E-state index contributed by atoms with van der Waals surface area (Å²) < 4.78 is 6.55. The normalized spacial score (nSPS) is 18.5. The summed E-state index contributed by atoms with van der Waals surface area (Å²) in [4.78, 5) is 12.9. The van der Waals surface area contributed by atoms with Gasteiger partial charge in [0.25, 0.3) is 0 Å². The Balaban J connectivity index is 1.62. The number of benzene rings is 1. The second kappa shape index (κ2) is 7.92. The molecule has 19 heavy (non-hydrogen) atoms. The molecule has 1 N–H and O–H groups in total. The zero-order valence-corrected chi connectivity index (χ0v) is 13.1. The van der Waals surface area contributed by atoms with Crippen molar-refractivity contribution in [2.45, 2.75) is 30.3 Å². The van der Waals surface area contributed by atoms with Gasteiger partial charge in [0.05, 0.1) is 6.10 Å². The molecule has 0 spiro atoms. The Morgan fingerprint density at radius 1 is 1.47 bits per heavy atom. The second-order valence-electron chi connectivity index (χ2n) is 4.47. The summed E-state index contributed by atoms with van der Waals surface area (Å²) in [6.07, 6.45) is 2.93. The SMILES string of the molecule is O=C(CCSc1ccccc1Br)NC[C@H]1CCCO1. The van der Waals surface area contributed by atoms with Crippen LogP contribution in [-0.2, 0) is 9.53 Å². The average Bonchev–Trinajstić information content (AvgIpc) is 2.92. The highest BCUT2D eigenvalue weighted by Crippen LogP contribution is 2.27. The van der Waals surface area contributed by atoms with Crippen molar-refractivity contribution in [3.8, 4) is 0 Å². The molecular weight excluding hydrogens is 326 g/mol. The topological polar surface area (TPSA) is 38.3 Å². The van der Waals surface area contributed by atoms with Crippen molar-refractivity contribution in [3.63, 3.8) is 0 Å². The van der Waals surface area contributed by atoms with E-state index in [0.717, 1.165) is 29.7 Å². The minimum absolute atomic E-state index is 0.107. The molecule has 1 amide bonds. The zero-order valence-electron chi connectivity index (χ0n) is 10.7. The molecule has 1 aromatic rings. The molecule has 0 saturated carbocycles. The largest absolute Gasteiger partial charge is 0.376 e. The third kappa shape index (κ3) is 5.16. The number of amides is 1. The van der Waals surface area contributed by atoms with Crippen LogP contribution in [0.5, 0.6) is 0 Å². The third-order valence-electron chi connectivity index (χ3n) is 2.97. The van der Waals surface area contributed by atoms with Crippen LogP contribution < -0.4 is 5.32 Å². The first-order valence-corrected chi connectivity index (χ1v) is 8.29. The van der Waals surface area contributed by atoms with Gasteiger partial charge >= 0.3 is 0 Å². The molecule has 0 aliphatic carbocycles. The summed E-state index contributed by atoms with van der Waals surface area (Å²) >= 11 is 5.20. The Morgan fingerprint density at radius 3 is 3.05 bits per heavy atom. The van der Waals surface area contributed by atoms with E-state index in [-0.39, 0.29) is 12.0 Å². The fourth-order valence-electron chi connectivity index (χ4n) is 1.94. The van der Waals surface area contributed by atoms with Crippen LogP contribution in [0.15, 0.2) is 33.6 Å². The van der Waals surface area contributed by atoms with E-state index in [2.05, 4.69) is 27.3 Å². The predicted octanol–water partition coefficient (Wildman–Crippen LogP) is 3.23. The molecular formula is C14H18BrNO2S. The molecule has 0 unspecified atom stereocenters. The number of ether oxygens (including phenoxy) is 1. The molecule has 1 aromatic carbocycles. The third-order valence-corrected chi connectivity index (χ3v) is 5.00. The molecule has 0 radical (unpaired) electrons. The predicted molar refractivity (Wildman–Crippen MR) is 81.5 cm³/mol. The van der Waals surface area contributed by atoms with Crippen LogP contribution in [0.25, 0.3) is 0 Å². The molecule has 1 fully saturated rings. The Hall–Kier alpha value is -0.520. The minimum atomic E-state index is 0.107. The molecule has 2 rings (SSSR count). The van der Waals surface area contributed by atoms with Crippen molar-refractivity contribution in [3.05, 3.63) is 28.7 Å². The van der Waals surface area contributed by atoms with Gasteiger partial charge in [-0.25, -0.2) is 0 Å². The smallest absolute Gasteiger partial charge is 0.220 e. The van der Waals surface area contributed by atoms with Gasteiger partial charge in [-0.1, -0.05) is 12.1 Å². The van der Waals surface area contributed by atoms with Gasteiger partial charge in [0, 0.05) is 34.7 Å². The lowest BCUT2D eigenvalue weighted by molar-refractivity contribution is -0.121. The molecule has 1 aliphatic rings. The molecule has 1 heterocycles. The minimum Gasteiger partial charge on any atom is -0.376 e. The molecule has 0 aromatic heterocycles. The average molecular weight is 344 g/mol. The number of hydrogen-bond donors (Lipinski definition) is 1. The quantitative estimate of drug-likeness (QED) is 0.806. The van der Waals surface area contributed by atoms with Crippen LogP contribution in [0.1, 0.15) is 19.3 Å². The van der Waals surface area contributed by atoms with Gasteiger partial charge in [0.15, 0.2) is 0 Å². The summed E-state index contributed by atoms with van der Waals surface area (Å²) in [6.45, 7) is 1.48. The number of nitrogens with one attached hydrogen (secondary N) is 1. The van der Waals surface area contributed by atoms with Crippen molar-refractivity contribution in [2.75, 3.05) is 18.9 Å². The Morgan fingerprint density at radius 2 is 2.32 bits per heavy atom. The summed E-state index contributed by atoms with van der Waals surface area (Å²) in [5, 5.41) is 2.94. The molecule has 0 bridgehead atoms. The van der Waals surface area contributed by atoms with E-state index in [9.17, 15) is 4.79 Å². The van der Waals surface area contributed by atoms with E-state index >= 15 is 0 Å². The van der Waals surface area contributed by atoms with Crippen molar-refractivity contribution in [1.82, 2.24) is 5.32 Å². The number of halogens is 1. The first-order valence-electron chi connectivity index (χ1n) is 6.51. The lowest BCUT2D eigenvalue weighted by Gasteiger charge is -2.10. The maximum Gasteiger partial charge on any atom is 0.220 e. The summed E-state index contributed by atoms with van der Waals surface area (Å²) in [7, 11) is 0. The van der Waals surface area contributed by atoms with Gasteiger partial charge in [-0.2, -0.15) is 0 Å². The molecule has 1 saturated heterocycles. The lowest BCUT2D eigenvalue weighted by atomic mass is 10.2. The van der Waals surface area contributed by atoms with Crippen molar-refractivity contribution in [2.24, 2.45) is 0 Å². The number of carbonyl (C=O) groups excluding carboxylic acids is 1. The molecule has 104 valence electrons. The van der Waals surface area contributed by atoms with E-state index in [1.807, 2.05) is 18.2 Å². The van der Waals surface area contributed by atoms with Gasteiger partial charge < -0.3 is 10.1 Å². The first-order chi connectivity index (χ1) is 9.25. The fourth-order valence-corrected chi connectivity index (χ4v) is 3.45. The van der Waals surface area contributed by atoms with E-state index in [1.165, 1.54) is 4.90 Å². The van der Waals surface area contributed by atoms with E-state index < -0.39 is 0 Å². The summed E-state index contributed by atoms with van der Waals surface area (Å²) in [5.41, 5.74) is 0. The molecule has 3 nitrogen and oxygen atoms in total. The summed E-state index contributed by atoms with van der Waals surface area (Å²) in [6, 6.07) is 8.06. The van der Waals surface area contributed by atoms with Gasteiger partial charge in [-0.15, -0.1) is 11.8 Å². The maximum absolute atomic E-state index is 11.7. The second-order valence-corrected chi connectivity index (χ2v) is 6.46. The zero-order chi connectivity index (χ0) is 13.5. The van der Waals surface area contributed by atoms with Crippen LogP contribution in [0.4, 0.5) is 0 Å². The molecule has 1 aliphatic heterocycles. The Labute approximate surface area is 126 Å². The van der Waals surface area contributed by atoms with Crippen molar-refractivity contribution in [1.29, 1.82) is 0 Å². The van der Waals surface area contributed by atoms with E-state index in [0.29, 0.717) is 13.0 Å². The number of hydrogen-bond acceptors (Lipinski definition) is 3. The van der Waals surface area contributed by atoms with Gasteiger partial charge in [0.1, 0.15) is 0 Å². The highest BCUT2D eigenvalue weighted by atomic mass is 79.9. The van der Waals surface area contributed by atoms with Crippen LogP contribution in [0.3, 0.4) is 0 Å². The number of thioether (sulfide) groups is 1. The highest BCUT2D eigenvalue weighted by Gasteiger charge is 2.15. The molecule has 1 atom stereocenters. The monoisotopic (exact) mass is 343 g/mol. The van der Waals surface area contributed by atoms with Crippen molar-refractivity contribution >= 4 is 33.6 Å². The van der Waals surface area contributed by atoms with Crippen LogP contribution in [-0.4, -0.2) is 30.9 Å². The van der Waals surface area contributed by atoms with Crippen LogP contribution >= 0.6 is 27.7 Å². The van der Waals surface area contributed by atoms with Gasteiger partial charge in [0.2, 0.25) is 5.91 Å². The number of rotatable bonds is 6.